The molecule has 0 bridgehead atoms. The second kappa shape index (κ2) is 4.82. The van der Waals surface area contributed by atoms with Gasteiger partial charge < -0.3 is 10.6 Å². The van der Waals surface area contributed by atoms with Gasteiger partial charge in [-0.1, -0.05) is 36.4 Å². The molecular formula is C16H20N2O. The Labute approximate surface area is 114 Å². The number of nitrogens with zero attached hydrogens (tertiary/aromatic N) is 1. The number of amides is 1. The molecule has 0 saturated heterocycles. The van der Waals surface area contributed by atoms with E-state index in [1.807, 2.05) is 24.1 Å². The topological polar surface area (TPSA) is 46.3 Å². The van der Waals surface area contributed by atoms with Gasteiger partial charge in [0, 0.05) is 13.1 Å². The predicted octanol–water partition coefficient (Wildman–Crippen LogP) is 2.04. The predicted molar refractivity (Wildman–Crippen MR) is 75.5 cm³/mol. The summed E-state index contributed by atoms with van der Waals surface area (Å²) in [5.41, 5.74) is 8.53. The Kier molecular flexibility index (Phi) is 3.15. The molecule has 2 N–H and O–H groups in total. The molecule has 3 nitrogen and oxygen atoms in total. The molecule has 0 aliphatic heterocycles. The lowest BCUT2D eigenvalue weighted by atomic mass is 10.0. The highest BCUT2D eigenvalue weighted by Crippen LogP contribution is 2.36. The first-order chi connectivity index (χ1) is 9.16. The minimum absolute atomic E-state index is 0.0345. The molecule has 100 valence electrons. The zero-order valence-electron chi connectivity index (χ0n) is 11.3. The largest absolute Gasteiger partial charge is 0.338 e. The highest BCUT2D eigenvalue weighted by atomic mass is 16.2. The summed E-state index contributed by atoms with van der Waals surface area (Å²) >= 11 is 0. The van der Waals surface area contributed by atoms with Crippen LogP contribution in [-0.4, -0.2) is 23.9 Å². The lowest BCUT2D eigenvalue weighted by Crippen LogP contribution is -2.35. The fraction of sp³-hybridized carbons (Fsp3) is 0.438. The van der Waals surface area contributed by atoms with E-state index in [1.54, 1.807) is 0 Å². The third-order valence-electron chi connectivity index (χ3n) is 4.35. The number of hydrogen-bond donors (Lipinski definition) is 1. The average Bonchev–Trinajstić information content (AvgIpc) is 3.03. The summed E-state index contributed by atoms with van der Waals surface area (Å²) in [6, 6.07) is 8.71. The molecule has 1 amide bonds. The molecule has 0 fully saturated rings. The number of aryl methyl sites for hydroxylation is 1. The van der Waals surface area contributed by atoms with Gasteiger partial charge in [0.1, 0.15) is 0 Å². The Morgan fingerprint density at radius 1 is 1.32 bits per heavy atom. The van der Waals surface area contributed by atoms with E-state index in [-0.39, 0.29) is 23.9 Å². The maximum absolute atomic E-state index is 12.5. The van der Waals surface area contributed by atoms with Crippen LogP contribution in [0.4, 0.5) is 0 Å². The van der Waals surface area contributed by atoms with Crippen LogP contribution >= 0.6 is 0 Å². The van der Waals surface area contributed by atoms with Crippen molar-refractivity contribution in [2.75, 3.05) is 7.05 Å². The third kappa shape index (κ3) is 2.19. The molecule has 19 heavy (non-hydrogen) atoms. The van der Waals surface area contributed by atoms with Crippen LogP contribution in [0, 0.1) is 5.92 Å². The molecule has 3 unspecified atom stereocenters. The molecule has 0 saturated carbocycles. The van der Waals surface area contributed by atoms with Crippen molar-refractivity contribution in [1.82, 2.24) is 4.90 Å². The highest BCUT2D eigenvalue weighted by Gasteiger charge is 2.32. The Morgan fingerprint density at radius 2 is 2.11 bits per heavy atom. The number of carbonyl (C=O) groups excluding carboxylic acids is 1. The van der Waals surface area contributed by atoms with E-state index in [1.165, 1.54) is 11.1 Å². The van der Waals surface area contributed by atoms with Gasteiger partial charge in [0.25, 0.3) is 0 Å². The number of hydrogen-bond acceptors (Lipinski definition) is 2. The zero-order valence-corrected chi connectivity index (χ0v) is 11.3. The second-order valence-electron chi connectivity index (χ2n) is 5.59. The molecule has 2 aliphatic rings. The van der Waals surface area contributed by atoms with Crippen molar-refractivity contribution < 1.29 is 4.79 Å². The van der Waals surface area contributed by atoms with Crippen molar-refractivity contribution in [2.45, 2.75) is 31.3 Å². The highest BCUT2D eigenvalue weighted by molar-refractivity contribution is 5.81. The molecule has 0 aromatic heterocycles. The summed E-state index contributed by atoms with van der Waals surface area (Å²) in [5, 5.41) is 0. The summed E-state index contributed by atoms with van der Waals surface area (Å²) in [6.45, 7) is 0. The molecule has 3 rings (SSSR count). The SMILES string of the molecule is CN(C(=O)C1C=CC(N)C1)C1CCc2ccccc21. The molecule has 0 heterocycles. The van der Waals surface area contributed by atoms with Gasteiger partial charge >= 0.3 is 0 Å². The first-order valence-corrected chi connectivity index (χ1v) is 6.95. The summed E-state index contributed by atoms with van der Waals surface area (Å²) in [6.07, 6.45) is 6.75. The van der Waals surface area contributed by atoms with E-state index in [0.717, 1.165) is 19.3 Å². The molecule has 1 aromatic rings. The minimum Gasteiger partial charge on any atom is -0.338 e. The Hall–Kier alpha value is -1.61. The van der Waals surface area contributed by atoms with E-state index in [0.29, 0.717) is 0 Å². The van der Waals surface area contributed by atoms with Gasteiger partial charge in [-0.3, -0.25) is 4.79 Å². The van der Waals surface area contributed by atoms with Gasteiger partial charge in [-0.15, -0.1) is 0 Å². The van der Waals surface area contributed by atoms with Gasteiger partial charge in [-0.25, -0.2) is 0 Å². The number of nitrogens with two attached hydrogens (primary N) is 1. The van der Waals surface area contributed by atoms with Crippen molar-refractivity contribution in [1.29, 1.82) is 0 Å². The van der Waals surface area contributed by atoms with Crippen LogP contribution in [0.1, 0.15) is 30.0 Å². The van der Waals surface area contributed by atoms with Gasteiger partial charge in [-0.2, -0.15) is 0 Å². The minimum atomic E-state index is -0.0345. The third-order valence-corrected chi connectivity index (χ3v) is 4.35. The van der Waals surface area contributed by atoms with Gasteiger partial charge in [-0.05, 0) is 30.4 Å². The van der Waals surface area contributed by atoms with Crippen LogP contribution < -0.4 is 5.73 Å². The van der Waals surface area contributed by atoms with Crippen molar-refractivity contribution in [3.05, 3.63) is 47.5 Å². The number of benzene rings is 1. The van der Waals surface area contributed by atoms with Crippen LogP contribution in [0.5, 0.6) is 0 Å². The smallest absolute Gasteiger partial charge is 0.229 e. The fourth-order valence-electron chi connectivity index (χ4n) is 3.26. The first kappa shape index (κ1) is 12.4. The van der Waals surface area contributed by atoms with Crippen LogP contribution in [0.25, 0.3) is 0 Å². The van der Waals surface area contributed by atoms with E-state index in [2.05, 4.69) is 24.3 Å². The average molecular weight is 256 g/mol. The van der Waals surface area contributed by atoms with E-state index >= 15 is 0 Å². The Morgan fingerprint density at radius 3 is 2.84 bits per heavy atom. The standard InChI is InChI=1S/C16H20N2O/c1-18(16(19)12-6-8-13(17)10-12)15-9-7-11-4-2-3-5-14(11)15/h2-6,8,12-13,15H,7,9-10,17H2,1H3. The summed E-state index contributed by atoms with van der Waals surface area (Å²) in [7, 11) is 1.92. The molecule has 0 radical (unpaired) electrons. The first-order valence-electron chi connectivity index (χ1n) is 6.95. The van der Waals surface area contributed by atoms with Gasteiger partial charge in [0.05, 0.1) is 12.0 Å². The summed E-state index contributed by atoms with van der Waals surface area (Å²) in [5.74, 6) is 0.165. The van der Waals surface area contributed by atoms with Crippen molar-refractivity contribution in [3.8, 4) is 0 Å². The van der Waals surface area contributed by atoms with Gasteiger partial charge in [0.2, 0.25) is 5.91 Å². The lowest BCUT2D eigenvalue weighted by Gasteiger charge is -2.27. The van der Waals surface area contributed by atoms with Crippen LogP contribution in [-0.2, 0) is 11.2 Å². The Bertz CT molecular complexity index is 523. The molecule has 1 aromatic carbocycles. The van der Waals surface area contributed by atoms with E-state index < -0.39 is 0 Å². The monoisotopic (exact) mass is 256 g/mol. The van der Waals surface area contributed by atoms with Crippen molar-refractivity contribution >= 4 is 5.91 Å². The zero-order chi connectivity index (χ0) is 13.4. The lowest BCUT2D eigenvalue weighted by molar-refractivity contribution is -0.135. The Balaban J connectivity index is 1.77. The van der Waals surface area contributed by atoms with E-state index in [9.17, 15) is 4.79 Å². The summed E-state index contributed by atoms with van der Waals surface area (Å²) < 4.78 is 0. The molecular weight excluding hydrogens is 236 g/mol. The molecule has 3 heteroatoms. The fourth-order valence-corrected chi connectivity index (χ4v) is 3.26. The number of fused-ring (bicyclic) bond motifs is 1. The maximum atomic E-state index is 12.5. The molecule has 3 atom stereocenters. The maximum Gasteiger partial charge on any atom is 0.229 e. The van der Waals surface area contributed by atoms with Crippen molar-refractivity contribution in [3.63, 3.8) is 0 Å². The normalized spacial score (nSPS) is 28.4. The quantitative estimate of drug-likeness (QED) is 0.823. The van der Waals surface area contributed by atoms with Crippen LogP contribution in [0.15, 0.2) is 36.4 Å². The van der Waals surface area contributed by atoms with Crippen molar-refractivity contribution in [2.24, 2.45) is 11.7 Å². The second-order valence-corrected chi connectivity index (χ2v) is 5.59. The van der Waals surface area contributed by atoms with E-state index in [4.69, 9.17) is 5.73 Å². The molecule has 0 spiro atoms. The molecule has 2 aliphatic carbocycles. The number of rotatable bonds is 2. The van der Waals surface area contributed by atoms with Gasteiger partial charge in [0.15, 0.2) is 0 Å². The summed E-state index contributed by atoms with van der Waals surface area (Å²) in [4.78, 5) is 14.4. The number of carbonyl (C=O) groups is 1. The van der Waals surface area contributed by atoms with Crippen LogP contribution in [0.3, 0.4) is 0 Å². The van der Waals surface area contributed by atoms with Crippen LogP contribution in [0.2, 0.25) is 0 Å².